The number of quaternary nitrogens is 1. The van der Waals surface area contributed by atoms with Crippen LogP contribution in [0.25, 0.3) is 0 Å². The second kappa shape index (κ2) is 9.52. The largest absolute Gasteiger partial charge is 0.504 e. The molecule has 2 saturated carbocycles. The van der Waals surface area contributed by atoms with E-state index in [-0.39, 0.29) is 29.8 Å². The second-order valence-corrected chi connectivity index (χ2v) is 13.1. The van der Waals surface area contributed by atoms with E-state index in [1.165, 1.54) is 24.0 Å². The minimum atomic E-state index is -0.871. The Bertz CT molecular complexity index is 1250. The normalized spacial score (nSPS) is 33.8. The molecule has 1 amide bonds. The summed E-state index contributed by atoms with van der Waals surface area (Å²) < 4.78 is 6.67. The fourth-order valence-electron chi connectivity index (χ4n) is 8.87. The van der Waals surface area contributed by atoms with Crippen LogP contribution >= 0.6 is 0 Å². The van der Waals surface area contributed by atoms with Crippen LogP contribution in [0.4, 0.5) is 0 Å². The molecule has 3 fully saturated rings. The second-order valence-electron chi connectivity index (χ2n) is 13.1. The molecule has 2 aliphatic heterocycles. The van der Waals surface area contributed by atoms with Crippen LogP contribution in [0.2, 0.25) is 0 Å². The monoisotopic (exact) mass is 531 g/mol. The van der Waals surface area contributed by atoms with Gasteiger partial charge in [0.05, 0.1) is 24.5 Å². The number of unbranched alkanes of at least 4 members (excludes halogenated alkanes) is 2. The number of phenols is 1. The number of amides is 1. The van der Waals surface area contributed by atoms with Crippen molar-refractivity contribution >= 4 is 5.91 Å². The zero-order valence-corrected chi connectivity index (χ0v) is 23.2. The van der Waals surface area contributed by atoms with E-state index in [0.29, 0.717) is 18.6 Å². The fraction of sp³-hybridized carbons (Fsp3) is 0.606. The van der Waals surface area contributed by atoms with Crippen LogP contribution in [0.1, 0.15) is 74.5 Å². The average Bonchev–Trinajstić information content (AvgIpc) is 3.68. The summed E-state index contributed by atoms with van der Waals surface area (Å²) in [6, 6.07) is 14.4. The van der Waals surface area contributed by atoms with Crippen LogP contribution in [0.15, 0.2) is 42.5 Å². The van der Waals surface area contributed by atoms with E-state index in [9.17, 15) is 15.0 Å². The predicted octanol–water partition coefficient (Wildman–Crippen LogP) is 3.17. The van der Waals surface area contributed by atoms with Crippen molar-refractivity contribution < 1.29 is 24.6 Å². The number of hydrogen-bond acceptors (Lipinski definition) is 4. The van der Waals surface area contributed by atoms with Gasteiger partial charge in [0.25, 0.3) is 0 Å². The smallest absolute Gasteiger partial charge is 0.222 e. The molecule has 2 aromatic carbocycles. The molecular formula is C33H43N2O4+. The molecule has 2 aromatic rings. The Morgan fingerprint density at radius 1 is 1.08 bits per heavy atom. The zero-order valence-electron chi connectivity index (χ0n) is 23.2. The molecule has 1 saturated heterocycles. The van der Waals surface area contributed by atoms with Gasteiger partial charge in [0, 0.05) is 37.8 Å². The van der Waals surface area contributed by atoms with Gasteiger partial charge in [-0.1, -0.05) is 42.8 Å². The number of aliphatic hydroxyl groups is 1. The molecule has 3 aliphatic carbocycles. The molecule has 6 nitrogen and oxygen atoms in total. The summed E-state index contributed by atoms with van der Waals surface area (Å²) in [7, 11) is 1.93. The van der Waals surface area contributed by atoms with Crippen molar-refractivity contribution in [2.24, 2.45) is 5.92 Å². The first-order valence-electron chi connectivity index (χ1n) is 15.3. The van der Waals surface area contributed by atoms with Gasteiger partial charge in [0.15, 0.2) is 11.5 Å². The van der Waals surface area contributed by atoms with Crippen molar-refractivity contribution in [3.8, 4) is 11.5 Å². The van der Waals surface area contributed by atoms with Gasteiger partial charge in [-0.3, -0.25) is 4.79 Å². The molecule has 0 aromatic heterocycles. The minimum absolute atomic E-state index is 0.106. The van der Waals surface area contributed by atoms with Crippen LogP contribution in [-0.2, 0) is 23.1 Å². The van der Waals surface area contributed by atoms with E-state index in [2.05, 4.69) is 30.3 Å². The molecule has 39 heavy (non-hydrogen) atoms. The molecule has 0 radical (unpaired) electrons. The van der Waals surface area contributed by atoms with Crippen LogP contribution in [0.3, 0.4) is 0 Å². The van der Waals surface area contributed by atoms with Crippen molar-refractivity contribution in [2.75, 3.05) is 20.1 Å². The van der Waals surface area contributed by atoms with Gasteiger partial charge in [0.1, 0.15) is 17.7 Å². The highest BCUT2D eigenvalue weighted by molar-refractivity contribution is 5.76. The van der Waals surface area contributed by atoms with Crippen LogP contribution in [0, 0.1) is 5.92 Å². The Labute approximate surface area is 232 Å². The van der Waals surface area contributed by atoms with Crippen LogP contribution in [-0.4, -0.2) is 64.9 Å². The standard InChI is InChI=1S/C33H42N2O4/c1-34(28(37)11-7-3-6-10-22-8-4-2-5-9-22)25-16-17-33(38)27-20-24-14-15-26(36)30-29(24)32(33,31(25)39-30)18-19-35(27)21-23-12-13-23/h2,4-5,8-9,14-15,23,25,27,31,36,38H,3,6-7,10-13,16-21H2,1H3/p+1/t25-,27-,31+,32+,33-/m1/s1. The number of carbonyl (C=O) groups is 1. The first-order chi connectivity index (χ1) is 18.9. The summed E-state index contributed by atoms with van der Waals surface area (Å²) in [6.45, 7) is 2.17. The lowest BCUT2D eigenvalue weighted by Gasteiger charge is -2.62. The van der Waals surface area contributed by atoms with E-state index in [1.54, 1.807) is 11.0 Å². The molecule has 1 unspecified atom stereocenters. The quantitative estimate of drug-likeness (QED) is 0.435. The van der Waals surface area contributed by atoms with Gasteiger partial charge >= 0.3 is 0 Å². The number of aryl methyl sites for hydroxylation is 1. The lowest BCUT2D eigenvalue weighted by atomic mass is 9.48. The first-order valence-corrected chi connectivity index (χ1v) is 15.3. The molecular weight excluding hydrogens is 488 g/mol. The number of rotatable bonds is 9. The Morgan fingerprint density at radius 2 is 1.90 bits per heavy atom. The summed E-state index contributed by atoms with van der Waals surface area (Å²) in [5.41, 5.74) is 2.19. The number of likely N-dealkylation sites (tertiary alicyclic amines) is 1. The van der Waals surface area contributed by atoms with Gasteiger partial charge in [-0.2, -0.15) is 0 Å². The number of hydrogen-bond donors (Lipinski definition) is 3. The zero-order chi connectivity index (χ0) is 26.8. The Hall–Kier alpha value is -2.57. The highest BCUT2D eigenvalue weighted by Crippen LogP contribution is 2.64. The topological polar surface area (TPSA) is 74.4 Å². The lowest BCUT2D eigenvalue weighted by molar-refractivity contribution is -0.944. The van der Waals surface area contributed by atoms with Crippen molar-refractivity contribution in [3.63, 3.8) is 0 Å². The highest BCUT2D eigenvalue weighted by atomic mass is 16.5. The third kappa shape index (κ3) is 3.93. The Morgan fingerprint density at radius 3 is 2.69 bits per heavy atom. The molecule has 6 heteroatoms. The first kappa shape index (κ1) is 25.4. The maximum Gasteiger partial charge on any atom is 0.222 e. The van der Waals surface area contributed by atoms with Gasteiger partial charge < -0.3 is 24.7 Å². The van der Waals surface area contributed by atoms with Crippen molar-refractivity contribution in [1.29, 1.82) is 0 Å². The summed E-state index contributed by atoms with van der Waals surface area (Å²) in [5.74, 6) is 1.69. The molecule has 3 N–H and O–H groups in total. The number of carbonyl (C=O) groups excluding carboxylic acids is 1. The number of phenolic OH excluding ortho intramolecular Hbond substituents is 1. The van der Waals surface area contributed by atoms with E-state index in [1.807, 2.05) is 18.0 Å². The molecule has 2 bridgehead atoms. The van der Waals surface area contributed by atoms with Crippen LogP contribution in [0.5, 0.6) is 11.5 Å². The molecule has 2 heterocycles. The van der Waals surface area contributed by atoms with E-state index in [0.717, 1.165) is 69.5 Å². The van der Waals surface area contributed by atoms with E-state index < -0.39 is 11.0 Å². The summed E-state index contributed by atoms with van der Waals surface area (Å²) >= 11 is 0. The third-order valence-corrected chi connectivity index (χ3v) is 11.0. The minimum Gasteiger partial charge on any atom is -0.504 e. The molecule has 208 valence electrons. The van der Waals surface area contributed by atoms with E-state index >= 15 is 0 Å². The van der Waals surface area contributed by atoms with Gasteiger partial charge in [-0.25, -0.2) is 0 Å². The number of likely N-dealkylation sites (N-methyl/N-ethyl adjacent to an activating group) is 1. The van der Waals surface area contributed by atoms with E-state index in [4.69, 9.17) is 4.74 Å². The lowest BCUT2D eigenvalue weighted by Crippen LogP contribution is -3.21. The predicted molar refractivity (Wildman–Crippen MR) is 149 cm³/mol. The van der Waals surface area contributed by atoms with Crippen molar-refractivity contribution in [3.05, 3.63) is 59.2 Å². The summed E-state index contributed by atoms with van der Waals surface area (Å²) in [6.07, 6.45) is 10.0. The van der Waals surface area contributed by atoms with Gasteiger partial charge in [0.2, 0.25) is 5.91 Å². The number of ether oxygens (including phenoxy) is 1. The number of nitrogens with one attached hydrogen (secondary N) is 1. The Balaban J connectivity index is 1.10. The number of nitrogens with zero attached hydrogens (tertiary/aromatic N) is 1. The maximum atomic E-state index is 13.5. The Kier molecular flexibility index (Phi) is 6.20. The third-order valence-electron chi connectivity index (χ3n) is 11.0. The van der Waals surface area contributed by atoms with Crippen molar-refractivity contribution in [2.45, 2.75) is 99.8 Å². The number of aromatic hydroxyl groups is 1. The summed E-state index contributed by atoms with van der Waals surface area (Å²) in [5, 5.41) is 23.5. The molecule has 1 spiro atoms. The SMILES string of the molecule is CN(C(=O)CCCCCc1ccccc1)[C@@H]1CC[C@@]2(O)[C@H]3Cc4ccc(O)c5c4[C@@]2(CC[NH+]3CC2CC2)[C@H]1O5. The van der Waals surface area contributed by atoms with Gasteiger partial charge in [-0.15, -0.1) is 0 Å². The number of benzene rings is 2. The number of piperidine rings is 1. The highest BCUT2D eigenvalue weighted by Gasteiger charge is 2.75. The average molecular weight is 532 g/mol. The maximum absolute atomic E-state index is 13.5. The molecule has 5 aliphatic rings. The molecule has 6 atom stereocenters. The van der Waals surface area contributed by atoms with Crippen molar-refractivity contribution in [1.82, 2.24) is 4.90 Å². The fourth-order valence-corrected chi connectivity index (χ4v) is 8.87. The van der Waals surface area contributed by atoms with Crippen LogP contribution < -0.4 is 9.64 Å². The molecule has 7 rings (SSSR count). The summed E-state index contributed by atoms with van der Waals surface area (Å²) in [4.78, 5) is 16.9. The van der Waals surface area contributed by atoms with Gasteiger partial charge in [-0.05, 0) is 62.1 Å².